The smallest absolute Gasteiger partial charge is 0.0833 e. The average Bonchev–Trinajstić information content (AvgIpc) is 1.86. The van der Waals surface area contributed by atoms with Gasteiger partial charge < -0.3 is 5.11 Å². The molecule has 0 saturated carbocycles. The van der Waals surface area contributed by atoms with Gasteiger partial charge in [-0.15, -0.1) is 0 Å². The van der Waals surface area contributed by atoms with Crippen LogP contribution in [0.1, 0.15) is 17.2 Å². The monoisotopic (exact) mass is 154 g/mol. The summed E-state index contributed by atoms with van der Waals surface area (Å²) in [6, 6.07) is 5.60. The van der Waals surface area contributed by atoms with Gasteiger partial charge in [-0.05, 0) is 23.3 Å². The van der Waals surface area contributed by atoms with Crippen LogP contribution in [0.15, 0.2) is 18.2 Å². The zero-order valence-electron chi connectivity index (χ0n) is 5.34. The summed E-state index contributed by atoms with van der Waals surface area (Å²) in [5.41, 5.74) is 2.21. The van der Waals surface area contributed by atoms with Crippen LogP contribution >= 0.6 is 11.6 Å². The first-order valence-electron chi connectivity index (χ1n) is 3.24. The Morgan fingerprint density at radius 1 is 1.50 bits per heavy atom. The van der Waals surface area contributed by atoms with Crippen molar-refractivity contribution in [2.45, 2.75) is 12.5 Å². The molecule has 10 heavy (non-hydrogen) atoms. The quantitative estimate of drug-likeness (QED) is 0.606. The predicted octanol–water partition coefficient (Wildman–Crippen LogP) is 1.93. The maximum atomic E-state index is 9.15. The van der Waals surface area contributed by atoms with Gasteiger partial charge in [-0.1, -0.05) is 17.7 Å². The van der Waals surface area contributed by atoms with Crippen LogP contribution < -0.4 is 0 Å². The molecule has 1 N–H and O–H groups in total. The Labute approximate surface area is 64.3 Å². The third-order valence-corrected chi connectivity index (χ3v) is 2.11. The van der Waals surface area contributed by atoms with Crippen molar-refractivity contribution in [3.8, 4) is 0 Å². The van der Waals surface area contributed by atoms with E-state index in [-0.39, 0.29) is 6.10 Å². The fourth-order valence-electron chi connectivity index (χ4n) is 1.26. The highest BCUT2D eigenvalue weighted by Gasteiger charge is 2.22. The van der Waals surface area contributed by atoms with Gasteiger partial charge in [-0.3, -0.25) is 0 Å². The lowest BCUT2D eigenvalue weighted by Gasteiger charge is -2.25. The first kappa shape index (κ1) is 6.20. The van der Waals surface area contributed by atoms with Crippen LogP contribution in [-0.4, -0.2) is 5.11 Å². The van der Waals surface area contributed by atoms with Crippen molar-refractivity contribution in [3.63, 3.8) is 0 Å². The number of rotatable bonds is 0. The van der Waals surface area contributed by atoms with Gasteiger partial charge in [0, 0.05) is 11.4 Å². The molecular formula is C8H7ClO. The molecule has 0 aliphatic heterocycles. The van der Waals surface area contributed by atoms with E-state index >= 15 is 0 Å². The molecule has 1 nitrogen and oxygen atoms in total. The highest BCUT2D eigenvalue weighted by Crippen LogP contribution is 2.34. The summed E-state index contributed by atoms with van der Waals surface area (Å²) < 4.78 is 0. The van der Waals surface area contributed by atoms with Gasteiger partial charge in [-0.2, -0.15) is 0 Å². The molecule has 0 aromatic heterocycles. The number of hydrogen-bond donors (Lipinski definition) is 1. The Morgan fingerprint density at radius 2 is 2.30 bits per heavy atom. The summed E-state index contributed by atoms with van der Waals surface area (Å²) in [4.78, 5) is 0. The van der Waals surface area contributed by atoms with Crippen LogP contribution in [0.25, 0.3) is 0 Å². The largest absolute Gasteiger partial charge is 0.388 e. The molecule has 1 aliphatic carbocycles. The maximum absolute atomic E-state index is 9.15. The minimum absolute atomic E-state index is 0.243. The fraction of sp³-hybridized carbons (Fsp3) is 0.250. The normalized spacial score (nSPS) is 21.6. The summed E-state index contributed by atoms with van der Waals surface area (Å²) in [7, 11) is 0. The van der Waals surface area contributed by atoms with Crippen LogP contribution in [0.2, 0.25) is 5.02 Å². The summed E-state index contributed by atoms with van der Waals surface area (Å²) in [5.74, 6) is 0. The van der Waals surface area contributed by atoms with Gasteiger partial charge in [0.15, 0.2) is 0 Å². The molecule has 52 valence electrons. The van der Waals surface area contributed by atoms with E-state index in [1.54, 1.807) is 0 Å². The topological polar surface area (TPSA) is 20.2 Å². The number of benzene rings is 1. The van der Waals surface area contributed by atoms with E-state index < -0.39 is 0 Å². The molecular weight excluding hydrogens is 148 g/mol. The van der Waals surface area contributed by atoms with E-state index in [1.807, 2.05) is 18.2 Å². The van der Waals surface area contributed by atoms with E-state index in [0.29, 0.717) is 0 Å². The third kappa shape index (κ3) is 0.746. The zero-order valence-corrected chi connectivity index (χ0v) is 6.10. The summed E-state index contributed by atoms with van der Waals surface area (Å²) in [6.07, 6.45) is 0.517. The first-order chi connectivity index (χ1) is 4.77. The Balaban J connectivity index is 2.49. The maximum Gasteiger partial charge on any atom is 0.0833 e. The molecule has 1 aromatic rings. The van der Waals surface area contributed by atoms with Gasteiger partial charge in [0.2, 0.25) is 0 Å². The lowest BCUT2D eigenvalue weighted by Crippen LogP contribution is -2.15. The SMILES string of the molecule is OC1Cc2cc(Cl)ccc21. The standard InChI is InChI=1S/C8H7ClO/c9-6-1-2-7-5(3-6)4-8(7)10/h1-3,8,10H,4H2. The number of halogens is 1. The van der Waals surface area contributed by atoms with E-state index in [9.17, 15) is 0 Å². The summed E-state index contributed by atoms with van der Waals surface area (Å²) in [6.45, 7) is 0. The molecule has 2 rings (SSSR count). The van der Waals surface area contributed by atoms with E-state index in [1.165, 1.54) is 5.56 Å². The number of aliphatic hydroxyl groups excluding tert-OH is 1. The number of hydrogen-bond acceptors (Lipinski definition) is 1. The Hall–Kier alpha value is -0.530. The molecule has 1 aliphatic rings. The second-order valence-corrected chi connectivity index (χ2v) is 3.00. The van der Waals surface area contributed by atoms with Crippen molar-refractivity contribution in [2.75, 3.05) is 0 Å². The van der Waals surface area contributed by atoms with E-state index in [4.69, 9.17) is 16.7 Å². The molecule has 0 fully saturated rings. The average molecular weight is 155 g/mol. The molecule has 0 saturated heterocycles. The van der Waals surface area contributed by atoms with Crippen LogP contribution in [0, 0.1) is 0 Å². The van der Waals surface area contributed by atoms with Gasteiger partial charge >= 0.3 is 0 Å². The molecule has 0 radical (unpaired) electrons. The Morgan fingerprint density at radius 3 is 2.90 bits per heavy atom. The van der Waals surface area contributed by atoms with Crippen molar-refractivity contribution in [3.05, 3.63) is 34.3 Å². The number of aliphatic hydroxyl groups is 1. The predicted molar refractivity (Wildman–Crippen MR) is 40.1 cm³/mol. The van der Waals surface area contributed by atoms with Crippen molar-refractivity contribution >= 4 is 11.6 Å². The number of fused-ring (bicyclic) bond motifs is 1. The minimum atomic E-state index is -0.243. The second-order valence-electron chi connectivity index (χ2n) is 2.56. The van der Waals surface area contributed by atoms with Crippen molar-refractivity contribution in [2.24, 2.45) is 0 Å². The molecule has 2 heteroatoms. The van der Waals surface area contributed by atoms with E-state index in [2.05, 4.69) is 0 Å². The molecule has 0 heterocycles. The minimum Gasteiger partial charge on any atom is -0.388 e. The van der Waals surface area contributed by atoms with Gasteiger partial charge in [0.05, 0.1) is 6.10 Å². The first-order valence-corrected chi connectivity index (χ1v) is 3.61. The molecule has 0 amide bonds. The third-order valence-electron chi connectivity index (χ3n) is 1.88. The molecule has 0 bridgehead atoms. The van der Waals surface area contributed by atoms with Crippen LogP contribution in [0.4, 0.5) is 0 Å². The lowest BCUT2D eigenvalue weighted by molar-refractivity contribution is 0.154. The van der Waals surface area contributed by atoms with Gasteiger partial charge in [0.25, 0.3) is 0 Å². The summed E-state index contributed by atoms with van der Waals surface area (Å²) in [5, 5.41) is 9.90. The van der Waals surface area contributed by atoms with Crippen molar-refractivity contribution in [1.82, 2.24) is 0 Å². The van der Waals surface area contributed by atoms with Gasteiger partial charge in [-0.25, -0.2) is 0 Å². The molecule has 1 unspecified atom stereocenters. The highest BCUT2D eigenvalue weighted by atomic mass is 35.5. The van der Waals surface area contributed by atoms with Crippen LogP contribution in [-0.2, 0) is 6.42 Å². The van der Waals surface area contributed by atoms with Crippen molar-refractivity contribution < 1.29 is 5.11 Å². The molecule has 1 aromatic carbocycles. The fourth-order valence-corrected chi connectivity index (χ4v) is 1.46. The van der Waals surface area contributed by atoms with Crippen molar-refractivity contribution in [1.29, 1.82) is 0 Å². The van der Waals surface area contributed by atoms with Gasteiger partial charge in [0.1, 0.15) is 0 Å². The lowest BCUT2D eigenvalue weighted by atomic mass is 9.86. The zero-order chi connectivity index (χ0) is 7.14. The Bertz CT molecular complexity index is 270. The second kappa shape index (κ2) is 1.97. The molecule has 0 spiro atoms. The van der Waals surface area contributed by atoms with Crippen LogP contribution in [0.5, 0.6) is 0 Å². The Kier molecular flexibility index (Phi) is 1.22. The van der Waals surface area contributed by atoms with Crippen LogP contribution in [0.3, 0.4) is 0 Å². The van der Waals surface area contributed by atoms with E-state index in [0.717, 1.165) is 17.0 Å². The molecule has 1 atom stereocenters. The highest BCUT2D eigenvalue weighted by molar-refractivity contribution is 6.30. The summed E-state index contributed by atoms with van der Waals surface area (Å²) >= 11 is 5.72.